The van der Waals surface area contributed by atoms with Crippen molar-refractivity contribution >= 4 is 38.6 Å². The van der Waals surface area contributed by atoms with Gasteiger partial charge in [-0.25, -0.2) is 4.98 Å². The number of hydrogen-bond donors (Lipinski definition) is 0. The Morgan fingerprint density at radius 3 is 2.90 bits per heavy atom. The molecule has 20 heavy (non-hydrogen) atoms. The van der Waals surface area contributed by atoms with Crippen molar-refractivity contribution in [1.82, 2.24) is 9.55 Å². The number of methoxy groups -OCH3 is 1. The van der Waals surface area contributed by atoms with E-state index >= 15 is 0 Å². The predicted octanol–water partition coefficient (Wildman–Crippen LogP) is 4.40. The Balaban J connectivity index is 2.13. The maximum atomic E-state index is 5.89. The van der Waals surface area contributed by atoms with Crippen LogP contribution in [0.25, 0.3) is 11.0 Å². The standard InChI is InChI=1S/C15H20BrClN2O/c1-20-10-4-2-3-9-19-14-6-5-12(16)11-13(14)18-15(19)7-8-17/h5-6,11H,2-4,7-10H2,1H3. The van der Waals surface area contributed by atoms with Gasteiger partial charge in [-0.05, 0) is 37.5 Å². The molecule has 0 radical (unpaired) electrons. The van der Waals surface area contributed by atoms with Gasteiger partial charge in [0.05, 0.1) is 11.0 Å². The number of alkyl halides is 1. The molecule has 1 aromatic carbocycles. The van der Waals surface area contributed by atoms with Crippen LogP contribution in [0.3, 0.4) is 0 Å². The Bertz CT molecular complexity index is 556. The van der Waals surface area contributed by atoms with Gasteiger partial charge in [0, 0.05) is 37.0 Å². The number of halogens is 2. The van der Waals surface area contributed by atoms with E-state index in [1.165, 1.54) is 11.9 Å². The van der Waals surface area contributed by atoms with Crippen molar-refractivity contribution in [2.24, 2.45) is 0 Å². The number of benzene rings is 1. The van der Waals surface area contributed by atoms with E-state index in [9.17, 15) is 0 Å². The number of unbranched alkanes of at least 4 members (excludes halogenated alkanes) is 2. The van der Waals surface area contributed by atoms with E-state index in [0.29, 0.717) is 5.88 Å². The fourth-order valence-electron chi connectivity index (χ4n) is 2.37. The lowest BCUT2D eigenvalue weighted by atomic mass is 10.2. The molecule has 0 aliphatic rings. The average molecular weight is 360 g/mol. The molecule has 0 amide bonds. The third-order valence-electron chi connectivity index (χ3n) is 3.34. The van der Waals surface area contributed by atoms with Crippen LogP contribution >= 0.6 is 27.5 Å². The number of aryl methyl sites for hydroxylation is 2. The second-order valence-corrected chi connectivity index (χ2v) is 6.10. The van der Waals surface area contributed by atoms with Gasteiger partial charge >= 0.3 is 0 Å². The third-order valence-corrected chi connectivity index (χ3v) is 4.02. The maximum Gasteiger partial charge on any atom is 0.111 e. The third kappa shape index (κ3) is 3.96. The molecule has 2 aromatic rings. The molecule has 0 saturated heterocycles. The number of fused-ring (bicyclic) bond motifs is 1. The summed E-state index contributed by atoms with van der Waals surface area (Å²) in [5.41, 5.74) is 2.23. The molecule has 1 aromatic heterocycles. The first-order valence-corrected chi connectivity index (χ1v) is 8.28. The Morgan fingerprint density at radius 1 is 1.30 bits per heavy atom. The molecule has 110 valence electrons. The molecule has 1 heterocycles. The zero-order chi connectivity index (χ0) is 14.4. The molecule has 3 nitrogen and oxygen atoms in total. The van der Waals surface area contributed by atoms with Crippen LogP contribution in [0.5, 0.6) is 0 Å². The fourth-order valence-corrected chi connectivity index (χ4v) is 2.89. The molecule has 0 atom stereocenters. The summed E-state index contributed by atoms with van der Waals surface area (Å²) < 4.78 is 8.45. The molecular formula is C15H20BrClN2O. The number of hydrogen-bond acceptors (Lipinski definition) is 2. The molecule has 5 heteroatoms. The molecule has 0 aliphatic carbocycles. The van der Waals surface area contributed by atoms with Crippen LogP contribution in [-0.4, -0.2) is 29.1 Å². The summed E-state index contributed by atoms with van der Waals surface area (Å²) in [7, 11) is 1.75. The summed E-state index contributed by atoms with van der Waals surface area (Å²) >= 11 is 9.39. The van der Waals surface area contributed by atoms with Gasteiger partial charge in [-0.15, -0.1) is 11.6 Å². The van der Waals surface area contributed by atoms with E-state index in [0.717, 1.165) is 48.2 Å². The zero-order valence-corrected chi connectivity index (χ0v) is 14.1. The van der Waals surface area contributed by atoms with E-state index in [2.05, 4.69) is 38.7 Å². The molecule has 0 saturated carbocycles. The highest BCUT2D eigenvalue weighted by atomic mass is 79.9. The molecule has 0 aliphatic heterocycles. The van der Waals surface area contributed by atoms with Crippen LogP contribution in [0.2, 0.25) is 0 Å². The first-order chi connectivity index (χ1) is 9.76. The fraction of sp³-hybridized carbons (Fsp3) is 0.533. The first-order valence-electron chi connectivity index (χ1n) is 6.96. The summed E-state index contributed by atoms with van der Waals surface area (Å²) in [6.07, 6.45) is 4.23. The van der Waals surface area contributed by atoms with Crippen molar-refractivity contribution in [3.8, 4) is 0 Å². The van der Waals surface area contributed by atoms with Gasteiger partial charge < -0.3 is 9.30 Å². The average Bonchev–Trinajstić information content (AvgIpc) is 2.76. The van der Waals surface area contributed by atoms with Crippen molar-refractivity contribution in [1.29, 1.82) is 0 Å². The van der Waals surface area contributed by atoms with Gasteiger partial charge in [0.15, 0.2) is 0 Å². The Morgan fingerprint density at radius 2 is 2.15 bits per heavy atom. The topological polar surface area (TPSA) is 27.1 Å². The lowest BCUT2D eigenvalue weighted by Gasteiger charge is -2.08. The summed E-state index contributed by atoms with van der Waals surface area (Å²) in [4.78, 5) is 4.70. The van der Waals surface area contributed by atoms with Gasteiger partial charge in [0.2, 0.25) is 0 Å². The van der Waals surface area contributed by atoms with Gasteiger partial charge in [-0.2, -0.15) is 0 Å². The molecule has 2 rings (SSSR count). The minimum absolute atomic E-state index is 0.605. The molecule has 0 spiro atoms. The Labute approximate surface area is 133 Å². The minimum Gasteiger partial charge on any atom is -0.385 e. The van der Waals surface area contributed by atoms with Gasteiger partial charge in [-0.1, -0.05) is 15.9 Å². The number of ether oxygens (including phenoxy) is 1. The highest BCUT2D eigenvalue weighted by Crippen LogP contribution is 2.22. The molecule has 0 fully saturated rings. The van der Waals surface area contributed by atoms with E-state index in [1.54, 1.807) is 7.11 Å². The second kappa shape index (κ2) is 8.01. The van der Waals surface area contributed by atoms with Crippen LogP contribution in [0, 0.1) is 0 Å². The van der Waals surface area contributed by atoms with Gasteiger partial charge in [-0.3, -0.25) is 0 Å². The van der Waals surface area contributed by atoms with E-state index in [4.69, 9.17) is 21.3 Å². The van der Waals surface area contributed by atoms with Crippen molar-refractivity contribution in [3.05, 3.63) is 28.5 Å². The van der Waals surface area contributed by atoms with Crippen LogP contribution in [0.4, 0.5) is 0 Å². The van der Waals surface area contributed by atoms with E-state index in [-0.39, 0.29) is 0 Å². The van der Waals surface area contributed by atoms with Crippen molar-refractivity contribution < 1.29 is 4.74 Å². The SMILES string of the molecule is COCCCCCn1c(CCCl)nc2cc(Br)ccc21. The van der Waals surface area contributed by atoms with Crippen molar-refractivity contribution in [2.75, 3.05) is 19.6 Å². The van der Waals surface area contributed by atoms with E-state index in [1.807, 2.05) is 0 Å². The van der Waals surface area contributed by atoms with E-state index < -0.39 is 0 Å². The monoisotopic (exact) mass is 358 g/mol. The summed E-state index contributed by atoms with van der Waals surface area (Å²) in [5.74, 6) is 1.69. The zero-order valence-electron chi connectivity index (χ0n) is 11.7. The quantitative estimate of drug-likeness (QED) is 0.516. The smallest absolute Gasteiger partial charge is 0.111 e. The van der Waals surface area contributed by atoms with Gasteiger partial charge in [0.1, 0.15) is 5.82 Å². The predicted molar refractivity (Wildman–Crippen MR) is 87.6 cm³/mol. The minimum atomic E-state index is 0.605. The van der Waals surface area contributed by atoms with Crippen LogP contribution in [0.15, 0.2) is 22.7 Å². The summed E-state index contributed by atoms with van der Waals surface area (Å²) in [6.45, 7) is 1.83. The first kappa shape index (κ1) is 15.8. The highest BCUT2D eigenvalue weighted by molar-refractivity contribution is 9.10. The molecule has 0 bridgehead atoms. The Kier molecular flexibility index (Phi) is 6.33. The number of nitrogens with zero attached hydrogens (tertiary/aromatic N) is 2. The number of rotatable bonds is 8. The lowest BCUT2D eigenvalue weighted by molar-refractivity contribution is 0.191. The van der Waals surface area contributed by atoms with Crippen LogP contribution in [0.1, 0.15) is 25.1 Å². The lowest BCUT2D eigenvalue weighted by Crippen LogP contribution is -2.05. The maximum absolute atomic E-state index is 5.89. The second-order valence-electron chi connectivity index (χ2n) is 4.81. The number of imidazole rings is 1. The Hall–Kier alpha value is -0.580. The number of aromatic nitrogens is 2. The molecule has 0 N–H and O–H groups in total. The van der Waals surface area contributed by atoms with Crippen molar-refractivity contribution in [3.63, 3.8) is 0 Å². The largest absolute Gasteiger partial charge is 0.385 e. The summed E-state index contributed by atoms with van der Waals surface area (Å²) in [5, 5.41) is 0. The summed E-state index contributed by atoms with van der Waals surface area (Å²) in [6, 6.07) is 6.25. The van der Waals surface area contributed by atoms with Crippen LogP contribution < -0.4 is 0 Å². The normalized spacial score (nSPS) is 11.3. The van der Waals surface area contributed by atoms with Crippen molar-refractivity contribution in [2.45, 2.75) is 32.2 Å². The highest BCUT2D eigenvalue weighted by Gasteiger charge is 2.10. The van der Waals surface area contributed by atoms with Gasteiger partial charge in [0.25, 0.3) is 0 Å². The molecular weight excluding hydrogens is 340 g/mol. The van der Waals surface area contributed by atoms with Crippen LogP contribution in [-0.2, 0) is 17.7 Å². The molecule has 0 unspecified atom stereocenters.